The number of halogens is 3. The van der Waals surface area contributed by atoms with Crippen LogP contribution in [0.25, 0.3) is 5.69 Å². The Bertz CT molecular complexity index is 809. The van der Waals surface area contributed by atoms with Gasteiger partial charge in [-0.25, -0.2) is 27.6 Å². The number of nitrogens with one attached hydrogen (secondary N) is 1. The van der Waals surface area contributed by atoms with Crippen LogP contribution in [0.2, 0.25) is 0 Å². The molecule has 1 saturated heterocycles. The molecule has 1 aromatic carbocycles. The number of carboxylic acids is 1. The summed E-state index contributed by atoms with van der Waals surface area (Å²) in [5.41, 5.74) is -0.796. The van der Waals surface area contributed by atoms with Gasteiger partial charge in [-0.15, -0.1) is 0 Å². The first-order valence-electron chi connectivity index (χ1n) is 7.36. The third-order valence-electron chi connectivity index (χ3n) is 3.80. The summed E-state index contributed by atoms with van der Waals surface area (Å²) in [6, 6.07) is 2.91. The smallest absolute Gasteiger partial charge is 0.334 e. The Morgan fingerprint density at radius 2 is 2.16 bits per heavy atom. The molecule has 0 spiro atoms. The van der Waals surface area contributed by atoms with Gasteiger partial charge < -0.3 is 9.84 Å². The minimum Gasteiger partial charge on any atom is -0.479 e. The summed E-state index contributed by atoms with van der Waals surface area (Å²) in [5.74, 6) is -2.69. The van der Waals surface area contributed by atoms with E-state index in [1.54, 1.807) is 13.8 Å². The highest BCUT2D eigenvalue weighted by atomic mass is 19.3. The molecule has 1 fully saturated rings. The molecule has 1 aliphatic rings. The number of hydrogen-bond acceptors (Lipinski definition) is 5. The summed E-state index contributed by atoms with van der Waals surface area (Å²) >= 11 is 0. The van der Waals surface area contributed by atoms with Crippen molar-refractivity contribution in [1.29, 1.82) is 0 Å². The van der Waals surface area contributed by atoms with Gasteiger partial charge >= 0.3 is 5.97 Å². The van der Waals surface area contributed by atoms with Gasteiger partial charge in [0.25, 0.3) is 6.43 Å². The van der Waals surface area contributed by atoms with E-state index in [4.69, 9.17) is 4.74 Å². The van der Waals surface area contributed by atoms with E-state index in [9.17, 15) is 23.1 Å². The molecule has 0 bridgehead atoms. The van der Waals surface area contributed by atoms with Crippen molar-refractivity contribution in [2.45, 2.75) is 38.1 Å². The molecule has 2 unspecified atom stereocenters. The van der Waals surface area contributed by atoms with E-state index in [0.717, 1.165) is 12.4 Å². The number of rotatable bonds is 4. The van der Waals surface area contributed by atoms with Crippen LogP contribution in [0.1, 0.15) is 37.7 Å². The van der Waals surface area contributed by atoms with E-state index < -0.39 is 41.9 Å². The van der Waals surface area contributed by atoms with Crippen LogP contribution in [0.15, 0.2) is 24.5 Å². The van der Waals surface area contributed by atoms with Gasteiger partial charge in [-0.1, -0.05) is 6.07 Å². The van der Waals surface area contributed by atoms with Crippen LogP contribution in [0, 0.1) is 5.82 Å². The normalized spacial score (nSPS) is 22.5. The molecule has 1 aromatic heterocycles. The van der Waals surface area contributed by atoms with E-state index in [-0.39, 0.29) is 5.69 Å². The van der Waals surface area contributed by atoms with Crippen LogP contribution >= 0.6 is 0 Å². The number of alkyl halides is 2. The molecule has 2 atom stereocenters. The second-order valence-corrected chi connectivity index (χ2v) is 6.05. The van der Waals surface area contributed by atoms with Crippen molar-refractivity contribution < 1.29 is 27.8 Å². The highest BCUT2D eigenvalue weighted by Crippen LogP contribution is 2.33. The lowest BCUT2D eigenvalue weighted by molar-refractivity contribution is -0.153. The molecule has 1 aliphatic heterocycles. The van der Waals surface area contributed by atoms with Gasteiger partial charge in [0.2, 0.25) is 0 Å². The van der Waals surface area contributed by atoms with Crippen molar-refractivity contribution in [3.8, 4) is 5.69 Å². The van der Waals surface area contributed by atoms with Crippen LogP contribution in [0.5, 0.6) is 0 Å². The summed E-state index contributed by atoms with van der Waals surface area (Å²) in [6.07, 6.45) is -3.25. The van der Waals surface area contributed by atoms with Gasteiger partial charge in [0.05, 0.1) is 6.04 Å². The molecule has 25 heavy (non-hydrogen) atoms. The quantitative estimate of drug-likeness (QED) is 0.873. The maximum atomic E-state index is 14.2. The Labute approximate surface area is 140 Å². The average Bonchev–Trinajstić information content (AvgIpc) is 3.12. The summed E-state index contributed by atoms with van der Waals surface area (Å²) in [5, 5.41) is 16.0. The first-order valence-corrected chi connectivity index (χ1v) is 7.36. The van der Waals surface area contributed by atoms with Crippen LogP contribution in [-0.4, -0.2) is 37.7 Å². The number of benzene rings is 1. The molecule has 10 heteroatoms. The van der Waals surface area contributed by atoms with Gasteiger partial charge in [0.1, 0.15) is 23.6 Å². The molecule has 2 heterocycles. The zero-order valence-electron chi connectivity index (χ0n) is 13.3. The molecule has 0 aliphatic carbocycles. The summed E-state index contributed by atoms with van der Waals surface area (Å²) in [4.78, 5) is 14.9. The zero-order valence-corrected chi connectivity index (χ0v) is 13.3. The largest absolute Gasteiger partial charge is 0.479 e. The lowest BCUT2D eigenvalue weighted by atomic mass is 10.0. The molecule has 0 radical (unpaired) electrons. The maximum absolute atomic E-state index is 14.2. The number of nitrogens with zero attached hydrogens (tertiary/aromatic N) is 3. The van der Waals surface area contributed by atoms with Crippen LogP contribution < -0.4 is 5.32 Å². The summed E-state index contributed by atoms with van der Waals surface area (Å²) < 4.78 is 46.3. The zero-order chi connectivity index (χ0) is 18.4. The van der Waals surface area contributed by atoms with Crippen molar-refractivity contribution in [3.63, 3.8) is 0 Å². The molecule has 0 amide bonds. The third-order valence-corrected chi connectivity index (χ3v) is 3.80. The minimum absolute atomic E-state index is 0.249. The SMILES string of the molecule is CC1(C)NC(c2ccc(F)c(-n3ncnc3C(F)F)c2)C(C(=O)O)O1. The number of carboxylic acid groups (broad SMARTS) is 1. The van der Waals surface area contributed by atoms with E-state index >= 15 is 0 Å². The Morgan fingerprint density at radius 1 is 1.44 bits per heavy atom. The molecule has 2 aromatic rings. The summed E-state index contributed by atoms with van der Waals surface area (Å²) in [6.45, 7) is 3.30. The second kappa shape index (κ2) is 6.12. The van der Waals surface area contributed by atoms with Crippen molar-refractivity contribution in [2.75, 3.05) is 0 Å². The lowest BCUT2D eigenvalue weighted by Crippen LogP contribution is -2.35. The fourth-order valence-corrected chi connectivity index (χ4v) is 2.79. The average molecular weight is 356 g/mol. The standard InChI is InChI=1S/C15H15F3N4O3/c1-15(2)21-10(11(25-15)14(23)24)7-3-4-8(16)9(5-7)22-13(12(17)18)19-6-20-22/h3-6,10-12,21H,1-2H3,(H,23,24). The van der Waals surface area contributed by atoms with Gasteiger partial charge in [-0.2, -0.15) is 5.10 Å². The molecule has 134 valence electrons. The molecule has 3 rings (SSSR count). The number of carbonyl (C=O) groups is 1. The van der Waals surface area contributed by atoms with Crippen LogP contribution in [0.3, 0.4) is 0 Å². The first-order chi connectivity index (χ1) is 11.7. The number of aromatic nitrogens is 3. The highest BCUT2D eigenvalue weighted by molar-refractivity contribution is 5.74. The Hall–Kier alpha value is -2.46. The van der Waals surface area contributed by atoms with Gasteiger partial charge in [-0.05, 0) is 31.5 Å². The van der Waals surface area contributed by atoms with Gasteiger partial charge in [-0.3, -0.25) is 5.32 Å². The minimum atomic E-state index is -2.94. The Balaban J connectivity index is 2.05. The fourth-order valence-electron chi connectivity index (χ4n) is 2.79. The summed E-state index contributed by atoms with van der Waals surface area (Å²) in [7, 11) is 0. The van der Waals surface area contributed by atoms with Crippen LogP contribution in [-0.2, 0) is 9.53 Å². The topological polar surface area (TPSA) is 89.3 Å². The van der Waals surface area contributed by atoms with E-state index in [0.29, 0.717) is 10.2 Å². The van der Waals surface area contributed by atoms with E-state index in [1.807, 2.05) is 0 Å². The van der Waals surface area contributed by atoms with Gasteiger partial charge in [0.15, 0.2) is 11.9 Å². The molecule has 2 N–H and O–H groups in total. The fraction of sp³-hybridized carbons (Fsp3) is 0.400. The van der Waals surface area contributed by atoms with E-state index in [2.05, 4.69) is 15.4 Å². The highest BCUT2D eigenvalue weighted by Gasteiger charge is 2.44. The van der Waals surface area contributed by atoms with Crippen molar-refractivity contribution >= 4 is 5.97 Å². The van der Waals surface area contributed by atoms with Crippen molar-refractivity contribution in [2.24, 2.45) is 0 Å². The van der Waals surface area contributed by atoms with Crippen molar-refractivity contribution in [1.82, 2.24) is 20.1 Å². The Kier molecular flexibility index (Phi) is 4.25. The predicted octanol–water partition coefficient (Wildman–Crippen LogP) is 2.19. The number of ether oxygens (including phenoxy) is 1. The number of aliphatic carboxylic acids is 1. The molecule has 0 saturated carbocycles. The third kappa shape index (κ3) is 3.22. The molecular weight excluding hydrogens is 341 g/mol. The van der Waals surface area contributed by atoms with E-state index in [1.165, 1.54) is 12.1 Å². The second-order valence-electron chi connectivity index (χ2n) is 6.05. The molecular formula is C15H15F3N4O3. The predicted molar refractivity (Wildman–Crippen MR) is 78.7 cm³/mol. The monoisotopic (exact) mass is 356 g/mol. The van der Waals surface area contributed by atoms with Gasteiger partial charge in [0, 0.05) is 0 Å². The van der Waals surface area contributed by atoms with Crippen LogP contribution in [0.4, 0.5) is 13.2 Å². The first kappa shape index (κ1) is 17.4. The number of hydrogen-bond donors (Lipinski definition) is 2. The molecule has 7 nitrogen and oxygen atoms in total. The van der Waals surface area contributed by atoms with Crippen molar-refractivity contribution in [3.05, 3.63) is 41.7 Å². The maximum Gasteiger partial charge on any atom is 0.334 e. The lowest BCUT2D eigenvalue weighted by Gasteiger charge is -2.18. The Morgan fingerprint density at radius 3 is 2.80 bits per heavy atom.